The summed E-state index contributed by atoms with van der Waals surface area (Å²) in [6.07, 6.45) is 14.4. The Labute approximate surface area is 194 Å². The van der Waals surface area contributed by atoms with Crippen LogP contribution in [0.2, 0.25) is 0 Å². The molecule has 5 unspecified atom stereocenters. The zero-order valence-electron chi connectivity index (χ0n) is 19.2. The number of hydrogen-bond acceptors (Lipinski definition) is 4. The van der Waals surface area contributed by atoms with Crippen molar-refractivity contribution in [2.75, 3.05) is 0 Å². The number of nitrogens with zero attached hydrogens (tertiary/aromatic N) is 3. The number of benzene rings is 1. The van der Waals surface area contributed by atoms with Gasteiger partial charge in [0.15, 0.2) is 0 Å². The predicted molar refractivity (Wildman–Crippen MR) is 125 cm³/mol. The van der Waals surface area contributed by atoms with Crippen molar-refractivity contribution in [1.29, 1.82) is 0 Å². The van der Waals surface area contributed by atoms with Crippen LogP contribution in [0.3, 0.4) is 0 Å². The highest BCUT2D eigenvalue weighted by Gasteiger charge is 2.64. The molecular weight excluding hydrogens is 414 g/mol. The van der Waals surface area contributed by atoms with Gasteiger partial charge in [-0.15, -0.1) is 0 Å². The minimum absolute atomic E-state index is 0.0524. The van der Waals surface area contributed by atoms with E-state index in [0.717, 1.165) is 36.1 Å². The summed E-state index contributed by atoms with van der Waals surface area (Å²) in [5, 5.41) is 9.62. The lowest BCUT2D eigenvalue weighted by Gasteiger charge is -2.65. The van der Waals surface area contributed by atoms with Gasteiger partial charge in [0, 0.05) is 23.7 Å². The highest BCUT2D eigenvalue weighted by Crippen LogP contribution is 2.62. The number of aromatic nitrogens is 2. The van der Waals surface area contributed by atoms with Gasteiger partial charge in [0.05, 0.1) is 11.0 Å². The molecule has 1 aromatic heterocycles. The molecule has 3 saturated heterocycles. The fourth-order valence-corrected chi connectivity index (χ4v) is 9.08. The Balaban J connectivity index is 1.21. The van der Waals surface area contributed by atoms with Crippen molar-refractivity contribution in [3.8, 4) is 0 Å². The Morgan fingerprint density at radius 1 is 0.970 bits per heavy atom. The third-order valence-electron chi connectivity index (χ3n) is 10.1. The van der Waals surface area contributed by atoms with E-state index >= 15 is 0 Å². The van der Waals surface area contributed by atoms with Gasteiger partial charge in [0.1, 0.15) is 0 Å². The summed E-state index contributed by atoms with van der Waals surface area (Å²) in [5.74, 6) is 1.55. The van der Waals surface area contributed by atoms with E-state index in [4.69, 9.17) is 0 Å². The smallest absolute Gasteiger partial charge is 0.360 e. The van der Waals surface area contributed by atoms with Crippen molar-refractivity contribution in [1.82, 2.24) is 14.5 Å². The molecule has 2 aliphatic carbocycles. The van der Waals surface area contributed by atoms with Crippen LogP contribution in [-0.4, -0.2) is 43.1 Å². The van der Waals surface area contributed by atoms with Gasteiger partial charge in [0.2, 0.25) is 5.69 Å². The van der Waals surface area contributed by atoms with Crippen LogP contribution >= 0.6 is 0 Å². The average molecular weight is 448 g/mol. The summed E-state index contributed by atoms with van der Waals surface area (Å²) < 4.78 is 1.78. The van der Waals surface area contributed by atoms with Gasteiger partial charge in [-0.25, -0.2) is 9.78 Å². The van der Waals surface area contributed by atoms with Crippen LogP contribution in [0.1, 0.15) is 87.2 Å². The second-order valence-corrected chi connectivity index (χ2v) is 11.7. The molecule has 33 heavy (non-hydrogen) atoms. The molecule has 7 rings (SSSR count). The number of carboxylic acids is 1. The summed E-state index contributed by atoms with van der Waals surface area (Å²) in [6.45, 7) is 0. The molecule has 2 saturated carbocycles. The minimum Gasteiger partial charge on any atom is -0.476 e. The Hall–Kier alpha value is -2.21. The highest BCUT2D eigenvalue weighted by atomic mass is 16.4. The van der Waals surface area contributed by atoms with E-state index < -0.39 is 11.5 Å². The number of rotatable bonds is 3. The topological polar surface area (TPSA) is 75.4 Å². The summed E-state index contributed by atoms with van der Waals surface area (Å²) >= 11 is 0. The molecule has 2 bridgehead atoms. The molecule has 2 aromatic rings. The second kappa shape index (κ2) is 7.14. The van der Waals surface area contributed by atoms with Crippen molar-refractivity contribution in [3.05, 3.63) is 40.3 Å². The van der Waals surface area contributed by atoms with Gasteiger partial charge in [-0.1, -0.05) is 31.4 Å². The van der Waals surface area contributed by atoms with Gasteiger partial charge in [-0.05, 0) is 81.3 Å². The Bertz CT molecular complexity index is 1180. The van der Waals surface area contributed by atoms with Crippen LogP contribution in [0.25, 0.3) is 11.0 Å². The number of aromatic carboxylic acids is 1. The third kappa shape index (κ3) is 2.85. The number of fused-ring (bicyclic) bond motifs is 3. The number of carbonyl (C=O) groups is 1. The van der Waals surface area contributed by atoms with Crippen LogP contribution in [-0.2, 0) is 0 Å². The summed E-state index contributed by atoms with van der Waals surface area (Å²) in [7, 11) is 0. The minimum atomic E-state index is -1.23. The van der Waals surface area contributed by atoms with Gasteiger partial charge in [-0.2, -0.15) is 0 Å². The fourth-order valence-electron chi connectivity index (χ4n) is 9.08. The number of carboxylic acid groups (broad SMARTS) is 1. The third-order valence-corrected chi connectivity index (χ3v) is 10.1. The normalized spacial score (nSPS) is 39.8. The van der Waals surface area contributed by atoms with E-state index in [1.54, 1.807) is 4.57 Å². The molecule has 6 heteroatoms. The molecule has 0 amide bonds. The maximum Gasteiger partial charge on any atom is 0.360 e. The van der Waals surface area contributed by atoms with E-state index in [0.29, 0.717) is 23.1 Å². The van der Waals surface area contributed by atoms with Crippen LogP contribution in [0.15, 0.2) is 29.1 Å². The maximum absolute atomic E-state index is 13.3. The molecule has 4 heterocycles. The van der Waals surface area contributed by atoms with Gasteiger partial charge in [-0.3, -0.25) is 9.69 Å². The van der Waals surface area contributed by atoms with Crippen molar-refractivity contribution < 1.29 is 9.90 Å². The first-order chi connectivity index (χ1) is 16.0. The van der Waals surface area contributed by atoms with Crippen LogP contribution < -0.4 is 5.56 Å². The highest BCUT2D eigenvalue weighted by molar-refractivity contribution is 5.88. The van der Waals surface area contributed by atoms with Crippen molar-refractivity contribution in [3.63, 3.8) is 0 Å². The number of piperidine rings is 1. The van der Waals surface area contributed by atoms with E-state index in [2.05, 4.69) is 9.88 Å². The monoisotopic (exact) mass is 447 g/mol. The molecule has 6 nitrogen and oxygen atoms in total. The van der Waals surface area contributed by atoms with Gasteiger partial charge in [0.25, 0.3) is 5.56 Å². The van der Waals surface area contributed by atoms with E-state index in [-0.39, 0.29) is 11.7 Å². The van der Waals surface area contributed by atoms with Gasteiger partial charge < -0.3 is 9.67 Å². The molecule has 3 aliphatic heterocycles. The lowest BCUT2D eigenvalue weighted by atomic mass is 9.57. The first kappa shape index (κ1) is 20.2. The zero-order chi connectivity index (χ0) is 22.3. The SMILES string of the molecule is O=C(O)c1nc2ccccc2n(C2CC3CC[C@@]4(C5CC6CCCC(C6)C5)CC(C2)N34)c1=O. The molecule has 174 valence electrons. The molecule has 0 radical (unpaired) electrons. The molecule has 6 atom stereocenters. The second-order valence-electron chi connectivity index (χ2n) is 11.7. The van der Waals surface area contributed by atoms with Crippen molar-refractivity contribution in [2.45, 2.75) is 94.3 Å². The van der Waals surface area contributed by atoms with E-state index in [1.165, 1.54) is 57.8 Å². The summed E-state index contributed by atoms with van der Waals surface area (Å²) in [6, 6.07) is 8.62. The molecule has 0 spiro atoms. The Morgan fingerprint density at radius 3 is 2.52 bits per heavy atom. The average Bonchev–Trinajstić information content (AvgIpc) is 3.13. The van der Waals surface area contributed by atoms with Crippen LogP contribution in [0.4, 0.5) is 0 Å². The van der Waals surface area contributed by atoms with Crippen LogP contribution in [0.5, 0.6) is 0 Å². The van der Waals surface area contributed by atoms with Crippen molar-refractivity contribution in [2.24, 2.45) is 17.8 Å². The first-order valence-electron chi connectivity index (χ1n) is 13.1. The lowest BCUT2D eigenvalue weighted by Crippen LogP contribution is -2.70. The summed E-state index contributed by atoms with van der Waals surface area (Å²) in [5.41, 5.74) is 1.00. The maximum atomic E-state index is 13.3. The molecular formula is C27H33N3O3. The predicted octanol–water partition coefficient (Wildman–Crippen LogP) is 4.62. The number of hydrogen-bond donors (Lipinski definition) is 1. The first-order valence-corrected chi connectivity index (χ1v) is 13.1. The zero-order valence-corrected chi connectivity index (χ0v) is 19.2. The van der Waals surface area contributed by atoms with Gasteiger partial charge >= 0.3 is 5.97 Å². The molecule has 5 aliphatic rings. The number of para-hydroxylation sites is 2. The molecule has 1 N–H and O–H groups in total. The Morgan fingerprint density at radius 2 is 1.73 bits per heavy atom. The van der Waals surface area contributed by atoms with Crippen molar-refractivity contribution >= 4 is 17.0 Å². The molecule has 1 aromatic carbocycles. The fraction of sp³-hybridized carbons (Fsp3) is 0.667. The van der Waals surface area contributed by atoms with E-state index in [9.17, 15) is 14.7 Å². The van der Waals surface area contributed by atoms with Crippen LogP contribution in [0, 0.1) is 17.8 Å². The standard InChI is InChI=1S/C27H33N3O3/c31-25-24(26(32)33)28-22-6-1-2-7-23(22)29(25)20-13-19-8-9-27(15-21(14-20)30(19)27)18-11-16-4-3-5-17(10-16)12-18/h1-2,6-7,16-21H,3-5,8-15H2,(H,32,33)/t16?,17?,18?,19?,20?,21?,27-/m0/s1. The van der Waals surface area contributed by atoms with E-state index in [1.807, 2.05) is 24.3 Å². The summed E-state index contributed by atoms with van der Waals surface area (Å²) in [4.78, 5) is 32.1. The molecule has 5 fully saturated rings. The Kier molecular flexibility index (Phi) is 4.37. The largest absolute Gasteiger partial charge is 0.476 e. The quantitative estimate of drug-likeness (QED) is 0.743. The lowest BCUT2D eigenvalue weighted by molar-refractivity contribution is -0.145.